The van der Waals surface area contributed by atoms with Crippen LogP contribution in [0, 0.1) is 0 Å². The summed E-state index contributed by atoms with van der Waals surface area (Å²) < 4.78 is 27.3. The Morgan fingerprint density at radius 2 is 1.88 bits per heavy atom. The van der Waals surface area contributed by atoms with Crippen LogP contribution in [0.3, 0.4) is 0 Å². The molecule has 0 aliphatic heterocycles. The first kappa shape index (κ1) is 18.6. The van der Waals surface area contributed by atoms with Crippen molar-refractivity contribution in [3.8, 4) is 0 Å². The van der Waals surface area contributed by atoms with Crippen molar-refractivity contribution in [2.24, 2.45) is 0 Å². The van der Waals surface area contributed by atoms with E-state index < -0.39 is 10.0 Å². The number of aromatic nitrogens is 3. The molecular formula is C18H25N5O2S. The van der Waals surface area contributed by atoms with E-state index in [-0.39, 0.29) is 5.75 Å². The lowest BCUT2D eigenvalue weighted by atomic mass is 10.2. The summed E-state index contributed by atoms with van der Waals surface area (Å²) in [5.74, 6) is 1.53. The number of nitrogens with zero attached hydrogens (tertiary/aromatic N) is 4. The lowest BCUT2D eigenvalue weighted by Crippen LogP contribution is -2.25. The molecule has 0 fully saturated rings. The zero-order chi connectivity index (χ0) is 18.9. The Hall–Kier alpha value is -2.19. The molecule has 0 atom stereocenters. The number of nitrogens with two attached hydrogens (primary N) is 1. The van der Waals surface area contributed by atoms with Crippen LogP contribution in [0.4, 0.5) is 5.82 Å². The van der Waals surface area contributed by atoms with Crippen molar-refractivity contribution in [3.05, 3.63) is 30.1 Å². The molecule has 0 bridgehead atoms. The molecule has 0 saturated heterocycles. The molecule has 3 rings (SSSR count). The zero-order valence-electron chi connectivity index (χ0n) is 15.4. The van der Waals surface area contributed by atoms with Crippen LogP contribution >= 0.6 is 0 Å². The molecule has 0 aliphatic rings. The number of nitrogen functional groups attached to an aromatic ring is 1. The van der Waals surface area contributed by atoms with Crippen LogP contribution in [-0.4, -0.2) is 47.1 Å². The van der Waals surface area contributed by atoms with Crippen molar-refractivity contribution in [1.29, 1.82) is 0 Å². The van der Waals surface area contributed by atoms with Crippen LogP contribution in [0.25, 0.3) is 21.9 Å². The first-order valence-corrected chi connectivity index (χ1v) is 10.4. The Labute approximate surface area is 153 Å². The third-order valence-corrected chi connectivity index (χ3v) is 6.51. The van der Waals surface area contributed by atoms with E-state index in [2.05, 4.69) is 21.5 Å². The van der Waals surface area contributed by atoms with E-state index in [1.807, 2.05) is 24.3 Å². The van der Waals surface area contributed by atoms with Crippen molar-refractivity contribution in [1.82, 2.24) is 18.8 Å². The largest absolute Gasteiger partial charge is 0.382 e. The van der Waals surface area contributed by atoms with E-state index in [0.717, 1.165) is 40.6 Å². The summed E-state index contributed by atoms with van der Waals surface area (Å²) >= 11 is 0. The van der Waals surface area contributed by atoms with E-state index in [1.165, 1.54) is 4.31 Å². The molecule has 7 nitrogen and oxygen atoms in total. The van der Waals surface area contributed by atoms with Gasteiger partial charge in [0.15, 0.2) is 5.82 Å². The summed E-state index contributed by atoms with van der Waals surface area (Å²) in [7, 11) is -0.0298. The van der Waals surface area contributed by atoms with E-state index in [4.69, 9.17) is 5.73 Å². The summed E-state index contributed by atoms with van der Waals surface area (Å²) in [4.78, 5) is 9.14. The average molecular weight is 375 g/mol. The molecule has 2 heterocycles. The van der Waals surface area contributed by atoms with Gasteiger partial charge in [-0.3, -0.25) is 0 Å². The third-order valence-electron chi connectivity index (χ3n) is 4.60. The number of sulfonamides is 1. The second-order valence-electron chi connectivity index (χ2n) is 6.55. The average Bonchev–Trinajstić information content (AvgIpc) is 2.98. The molecule has 26 heavy (non-hydrogen) atoms. The predicted molar refractivity (Wildman–Crippen MR) is 106 cm³/mol. The molecule has 0 amide bonds. The Balaban J connectivity index is 1.94. The van der Waals surface area contributed by atoms with Gasteiger partial charge in [0, 0.05) is 32.4 Å². The minimum Gasteiger partial charge on any atom is -0.382 e. The number of unbranched alkanes of at least 4 members (excludes halogenated alkanes) is 1. The molecule has 0 unspecified atom stereocenters. The number of para-hydroxylation sites is 1. The minimum absolute atomic E-state index is 0.151. The molecule has 0 aliphatic carbocycles. The van der Waals surface area contributed by atoms with E-state index in [9.17, 15) is 8.42 Å². The van der Waals surface area contributed by atoms with Crippen molar-refractivity contribution in [2.45, 2.75) is 32.7 Å². The molecule has 140 valence electrons. The third kappa shape index (κ3) is 3.39. The van der Waals surface area contributed by atoms with Gasteiger partial charge in [-0.1, -0.05) is 25.1 Å². The lowest BCUT2D eigenvalue weighted by Gasteiger charge is -2.12. The van der Waals surface area contributed by atoms with Crippen LogP contribution in [-0.2, 0) is 23.0 Å². The maximum absolute atomic E-state index is 11.9. The number of rotatable bonds is 7. The molecule has 2 aromatic heterocycles. The van der Waals surface area contributed by atoms with Gasteiger partial charge in [0.2, 0.25) is 10.0 Å². The van der Waals surface area contributed by atoms with Crippen molar-refractivity contribution >= 4 is 37.8 Å². The second-order valence-corrected chi connectivity index (χ2v) is 8.85. The Morgan fingerprint density at radius 1 is 1.15 bits per heavy atom. The van der Waals surface area contributed by atoms with Crippen LogP contribution < -0.4 is 5.73 Å². The smallest absolute Gasteiger partial charge is 0.213 e. The summed E-state index contributed by atoms with van der Waals surface area (Å²) in [5.41, 5.74) is 8.69. The highest BCUT2D eigenvalue weighted by atomic mass is 32.2. The standard InChI is InChI=1S/C18H25N5O2S/c1-4-15-21-16-17(13-9-5-6-10-14(13)20-18(16)19)23(15)11-7-8-12-26(24,25)22(2)3/h5-6,9-10H,4,7-8,11-12H2,1-3H3,(H2,19,20). The van der Waals surface area contributed by atoms with Crippen LogP contribution in [0.15, 0.2) is 24.3 Å². The molecule has 2 N–H and O–H groups in total. The molecule has 1 aromatic carbocycles. The van der Waals surface area contributed by atoms with Crippen molar-refractivity contribution in [3.63, 3.8) is 0 Å². The maximum Gasteiger partial charge on any atom is 0.213 e. The van der Waals surface area contributed by atoms with Crippen molar-refractivity contribution < 1.29 is 8.42 Å². The van der Waals surface area contributed by atoms with Crippen LogP contribution in [0.5, 0.6) is 0 Å². The number of hydrogen-bond acceptors (Lipinski definition) is 5. The van der Waals surface area contributed by atoms with Gasteiger partial charge in [-0.15, -0.1) is 0 Å². The summed E-state index contributed by atoms with van der Waals surface area (Å²) in [5, 5.41) is 1.02. The van der Waals surface area contributed by atoms with Gasteiger partial charge in [0.1, 0.15) is 11.3 Å². The molecule has 3 aromatic rings. The van der Waals surface area contributed by atoms with Crippen LogP contribution in [0.1, 0.15) is 25.6 Å². The van der Waals surface area contributed by atoms with Gasteiger partial charge < -0.3 is 10.3 Å². The lowest BCUT2D eigenvalue weighted by molar-refractivity contribution is 0.514. The Bertz CT molecular complexity index is 1040. The highest BCUT2D eigenvalue weighted by Gasteiger charge is 2.17. The first-order valence-electron chi connectivity index (χ1n) is 8.78. The summed E-state index contributed by atoms with van der Waals surface area (Å²) in [6, 6.07) is 7.89. The predicted octanol–water partition coefficient (Wildman–Crippen LogP) is 2.40. The molecule has 8 heteroatoms. The Kier molecular flexibility index (Phi) is 5.15. The highest BCUT2D eigenvalue weighted by Crippen LogP contribution is 2.29. The van der Waals surface area contributed by atoms with Gasteiger partial charge in [0.25, 0.3) is 0 Å². The molecular weight excluding hydrogens is 350 g/mol. The molecule has 0 saturated carbocycles. The number of imidazole rings is 1. The normalized spacial score (nSPS) is 12.5. The van der Waals surface area contributed by atoms with Gasteiger partial charge in [-0.25, -0.2) is 22.7 Å². The zero-order valence-corrected chi connectivity index (χ0v) is 16.3. The fourth-order valence-corrected chi connectivity index (χ4v) is 4.09. The quantitative estimate of drug-likeness (QED) is 0.640. The topological polar surface area (TPSA) is 94.1 Å². The maximum atomic E-state index is 11.9. The number of benzene rings is 1. The fourth-order valence-electron chi connectivity index (χ4n) is 3.15. The van der Waals surface area contributed by atoms with Gasteiger partial charge in [-0.05, 0) is 18.9 Å². The number of pyridine rings is 1. The molecule has 0 spiro atoms. The van der Waals surface area contributed by atoms with E-state index in [0.29, 0.717) is 18.8 Å². The summed E-state index contributed by atoms with van der Waals surface area (Å²) in [6.45, 7) is 2.76. The number of aryl methyl sites for hydroxylation is 2. The summed E-state index contributed by atoms with van der Waals surface area (Å²) in [6.07, 6.45) is 2.13. The van der Waals surface area contributed by atoms with Gasteiger partial charge in [0.05, 0.1) is 16.8 Å². The second kappa shape index (κ2) is 7.20. The number of fused-ring (bicyclic) bond motifs is 3. The monoisotopic (exact) mass is 375 g/mol. The number of hydrogen-bond donors (Lipinski definition) is 1. The number of anilines is 1. The van der Waals surface area contributed by atoms with E-state index in [1.54, 1.807) is 14.1 Å². The minimum atomic E-state index is -3.16. The van der Waals surface area contributed by atoms with Crippen LogP contribution in [0.2, 0.25) is 0 Å². The fraction of sp³-hybridized carbons (Fsp3) is 0.444. The SMILES string of the molecule is CCc1nc2c(N)nc3ccccc3c2n1CCCCS(=O)(=O)N(C)C. The van der Waals surface area contributed by atoms with Gasteiger partial charge in [-0.2, -0.15) is 0 Å². The van der Waals surface area contributed by atoms with E-state index >= 15 is 0 Å². The first-order chi connectivity index (χ1) is 12.3. The molecule has 0 radical (unpaired) electrons. The Morgan fingerprint density at radius 3 is 2.58 bits per heavy atom. The van der Waals surface area contributed by atoms with Crippen molar-refractivity contribution in [2.75, 3.05) is 25.6 Å². The van der Waals surface area contributed by atoms with Gasteiger partial charge >= 0.3 is 0 Å². The highest BCUT2D eigenvalue weighted by molar-refractivity contribution is 7.89.